The minimum Gasteiger partial charge on any atom is -0.452 e. The Balaban J connectivity index is 1.53. The third kappa shape index (κ3) is 4.99. The zero-order chi connectivity index (χ0) is 20.3. The standard InChI is InChI=1S/C18H18ClN3O5S/c1-12(13-2-5-15(19)6-3-13)20-17(23)11-27-18(24)14-4-7-16-21-28(25,26)9-8-22(16)10-14/h2-7,10,12H,8-9,11H2,1H3,(H,20,23). The highest BCUT2D eigenvalue weighted by Gasteiger charge is 2.25. The van der Waals surface area contributed by atoms with Gasteiger partial charge >= 0.3 is 5.97 Å². The van der Waals surface area contributed by atoms with Gasteiger partial charge in [-0.05, 0) is 36.8 Å². The zero-order valence-electron chi connectivity index (χ0n) is 15.0. The van der Waals surface area contributed by atoms with Gasteiger partial charge in [-0.15, -0.1) is 4.40 Å². The number of ether oxygens (including phenoxy) is 1. The predicted molar refractivity (Wildman–Crippen MR) is 104 cm³/mol. The SMILES string of the molecule is CC(NC(=O)COC(=O)C1=CN2CCS(=O)(=O)N=C2C=C1)c1ccc(Cl)cc1. The second kappa shape index (κ2) is 8.15. The summed E-state index contributed by atoms with van der Waals surface area (Å²) in [5, 5.41) is 3.34. The molecule has 28 heavy (non-hydrogen) atoms. The molecule has 148 valence electrons. The predicted octanol–water partition coefficient (Wildman–Crippen LogP) is 1.56. The van der Waals surface area contributed by atoms with E-state index in [2.05, 4.69) is 9.71 Å². The number of fused-ring (bicyclic) bond motifs is 1. The van der Waals surface area contributed by atoms with Crippen LogP contribution in [0.3, 0.4) is 0 Å². The maximum atomic E-state index is 12.2. The number of benzene rings is 1. The molecule has 1 N–H and O–H groups in total. The van der Waals surface area contributed by atoms with E-state index in [0.717, 1.165) is 5.56 Å². The van der Waals surface area contributed by atoms with Crippen molar-refractivity contribution in [1.29, 1.82) is 0 Å². The zero-order valence-corrected chi connectivity index (χ0v) is 16.5. The van der Waals surface area contributed by atoms with Crippen LogP contribution in [0.4, 0.5) is 0 Å². The van der Waals surface area contributed by atoms with Crippen molar-refractivity contribution in [1.82, 2.24) is 10.2 Å². The highest BCUT2D eigenvalue weighted by atomic mass is 35.5. The van der Waals surface area contributed by atoms with Crippen LogP contribution in [0.15, 0.2) is 52.6 Å². The molecule has 0 spiro atoms. The van der Waals surface area contributed by atoms with Crippen LogP contribution in [0, 0.1) is 0 Å². The molecule has 10 heteroatoms. The Morgan fingerprint density at radius 1 is 1.29 bits per heavy atom. The highest BCUT2D eigenvalue weighted by molar-refractivity contribution is 7.90. The third-order valence-electron chi connectivity index (χ3n) is 4.14. The second-order valence-corrected chi connectivity index (χ2v) is 8.45. The number of sulfonamides is 1. The van der Waals surface area contributed by atoms with E-state index >= 15 is 0 Å². The van der Waals surface area contributed by atoms with E-state index in [1.165, 1.54) is 18.4 Å². The van der Waals surface area contributed by atoms with E-state index in [0.29, 0.717) is 5.02 Å². The summed E-state index contributed by atoms with van der Waals surface area (Å²) in [4.78, 5) is 25.8. The summed E-state index contributed by atoms with van der Waals surface area (Å²) < 4.78 is 31.7. The summed E-state index contributed by atoms with van der Waals surface area (Å²) in [5.41, 5.74) is 1.07. The van der Waals surface area contributed by atoms with Crippen molar-refractivity contribution in [3.05, 3.63) is 58.8 Å². The number of amides is 1. The van der Waals surface area contributed by atoms with Gasteiger partial charge < -0.3 is 15.0 Å². The number of nitrogens with one attached hydrogen (secondary N) is 1. The second-order valence-electron chi connectivity index (χ2n) is 6.26. The third-order valence-corrected chi connectivity index (χ3v) is 5.56. The molecule has 1 aromatic carbocycles. The van der Waals surface area contributed by atoms with Gasteiger partial charge in [-0.25, -0.2) is 13.2 Å². The lowest BCUT2D eigenvalue weighted by atomic mass is 10.1. The first-order valence-electron chi connectivity index (χ1n) is 8.45. The molecule has 1 unspecified atom stereocenters. The van der Waals surface area contributed by atoms with Crippen molar-refractivity contribution in [2.24, 2.45) is 4.40 Å². The summed E-state index contributed by atoms with van der Waals surface area (Å²) in [6, 6.07) is 6.78. The van der Waals surface area contributed by atoms with E-state index in [1.807, 2.05) is 0 Å². The first-order chi connectivity index (χ1) is 13.2. The summed E-state index contributed by atoms with van der Waals surface area (Å²) in [6.45, 7) is 1.57. The number of carbonyl (C=O) groups excluding carboxylic acids is 2. The Hall–Kier alpha value is -2.65. The van der Waals surface area contributed by atoms with Gasteiger partial charge in [0, 0.05) is 17.8 Å². The topological polar surface area (TPSA) is 105 Å². The van der Waals surface area contributed by atoms with Gasteiger partial charge in [-0.3, -0.25) is 4.79 Å². The van der Waals surface area contributed by atoms with Gasteiger partial charge in [0.05, 0.1) is 17.4 Å². The number of rotatable bonds is 5. The van der Waals surface area contributed by atoms with Crippen molar-refractivity contribution in [2.45, 2.75) is 13.0 Å². The minimum atomic E-state index is -3.46. The summed E-state index contributed by atoms with van der Waals surface area (Å²) in [5.74, 6) is -1.01. The quantitative estimate of drug-likeness (QED) is 0.720. The Morgan fingerprint density at radius 2 is 2.00 bits per heavy atom. The molecular formula is C18H18ClN3O5S. The molecule has 1 aromatic rings. The fourth-order valence-electron chi connectivity index (χ4n) is 2.65. The molecule has 8 nitrogen and oxygen atoms in total. The van der Waals surface area contributed by atoms with Gasteiger partial charge in [-0.1, -0.05) is 23.7 Å². The first kappa shape index (κ1) is 20.1. The molecule has 0 radical (unpaired) electrons. The van der Waals surface area contributed by atoms with Crippen molar-refractivity contribution < 1.29 is 22.7 Å². The fourth-order valence-corrected chi connectivity index (χ4v) is 3.75. The number of esters is 1. The molecule has 0 saturated heterocycles. The fraction of sp³-hybridized carbons (Fsp3) is 0.278. The smallest absolute Gasteiger partial charge is 0.340 e. The molecule has 0 fully saturated rings. The maximum absolute atomic E-state index is 12.2. The van der Waals surface area contributed by atoms with Crippen LogP contribution in [0.2, 0.25) is 5.02 Å². The van der Waals surface area contributed by atoms with Gasteiger partial charge in [0.15, 0.2) is 6.61 Å². The van der Waals surface area contributed by atoms with Crippen LogP contribution in [-0.2, 0) is 24.3 Å². The van der Waals surface area contributed by atoms with Crippen molar-refractivity contribution in [2.75, 3.05) is 18.9 Å². The average molecular weight is 424 g/mol. The summed E-state index contributed by atoms with van der Waals surface area (Å²) in [6.07, 6.45) is 4.30. The molecule has 0 aliphatic carbocycles. The number of halogens is 1. The lowest BCUT2D eigenvalue weighted by molar-refractivity contribution is -0.144. The maximum Gasteiger partial charge on any atom is 0.340 e. The van der Waals surface area contributed by atoms with E-state index in [1.54, 1.807) is 36.1 Å². The first-order valence-corrected chi connectivity index (χ1v) is 10.4. The minimum absolute atomic E-state index is 0.131. The number of hydrogen-bond donors (Lipinski definition) is 1. The van der Waals surface area contributed by atoms with Gasteiger partial charge in [-0.2, -0.15) is 0 Å². The van der Waals surface area contributed by atoms with E-state index in [4.69, 9.17) is 16.3 Å². The molecule has 0 saturated carbocycles. The van der Waals surface area contributed by atoms with Crippen LogP contribution >= 0.6 is 11.6 Å². The average Bonchev–Trinajstić information content (AvgIpc) is 2.65. The number of amidine groups is 1. The lowest BCUT2D eigenvalue weighted by Gasteiger charge is -2.26. The van der Waals surface area contributed by atoms with Crippen molar-refractivity contribution >= 4 is 39.3 Å². The van der Waals surface area contributed by atoms with E-state index in [-0.39, 0.29) is 29.7 Å². The Labute approximate surface area is 167 Å². The molecular weight excluding hydrogens is 406 g/mol. The monoisotopic (exact) mass is 423 g/mol. The number of nitrogens with zero attached hydrogens (tertiary/aromatic N) is 2. The van der Waals surface area contributed by atoms with E-state index in [9.17, 15) is 18.0 Å². The Morgan fingerprint density at radius 3 is 2.71 bits per heavy atom. The normalized spacial score (nSPS) is 18.4. The summed E-state index contributed by atoms with van der Waals surface area (Å²) in [7, 11) is -3.46. The van der Waals surface area contributed by atoms with Crippen LogP contribution in [0.1, 0.15) is 18.5 Å². The van der Waals surface area contributed by atoms with E-state index < -0.39 is 28.5 Å². The summed E-state index contributed by atoms with van der Waals surface area (Å²) >= 11 is 5.84. The Kier molecular flexibility index (Phi) is 5.85. The van der Waals surface area contributed by atoms with Crippen LogP contribution in [-0.4, -0.2) is 49.9 Å². The van der Waals surface area contributed by atoms with Crippen molar-refractivity contribution in [3.8, 4) is 0 Å². The van der Waals surface area contributed by atoms with Crippen LogP contribution in [0.25, 0.3) is 0 Å². The van der Waals surface area contributed by atoms with Crippen molar-refractivity contribution in [3.63, 3.8) is 0 Å². The van der Waals surface area contributed by atoms with Crippen LogP contribution < -0.4 is 5.32 Å². The molecule has 2 aliphatic heterocycles. The number of hydrogen-bond acceptors (Lipinski definition) is 6. The number of carbonyl (C=O) groups is 2. The molecule has 3 rings (SSSR count). The highest BCUT2D eigenvalue weighted by Crippen LogP contribution is 2.17. The molecule has 0 bridgehead atoms. The molecule has 2 heterocycles. The van der Waals surface area contributed by atoms with Gasteiger partial charge in [0.1, 0.15) is 5.84 Å². The van der Waals surface area contributed by atoms with Gasteiger partial charge in [0.2, 0.25) is 0 Å². The van der Waals surface area contributed by atoms with Crippen LogP contribution in [0.5, 0.6) is 0 Å². The molecule has 1 amide bonds. The largest absolute Gasteiger partial charge is 0.452 e. The lowest BCUT2D eigenvalue weighted by Crippen LogP contribution is -2.37. The van der Waals surface area contributed by atoms with Gasteiger partial charge in [0.25, 0.3) is 15.9 Å². The molecule has 2 aliphatic rings. The molecule has 1 atom stereocenters. The molecule has 0 aromatic heterocycles. The Bertz CT molecular complexity index is 983.